The maximum Gasteiger partial charge on any atom is 0.412 e. The van der Waals surface area contributed by atoms with E-state index in [2.05, 4.69) is 0 Å². The summed E-state index contributed by atoms with van der Waals surface area (Å²) in [5.41, 5.74) is 0. The SMILES string of the molecule is CC(OC(=O)c1ccc(O)o1)OC(=O)N1CCCCC1. The molecule has 1 atom stereocenters. The van der Waals surface area contributed by atoms with Crippen LogP contribution >= 0.6 is 0 Å². The molecule has 2 heterocycles. The Morgan fingerprint density at radius 2 is 1.95 bits per heavy atom. The molecule has 20 heavy (non-hydrogen) atoms. The first-order valence-electron chi connectivity index (χ1n) is 6.51. The number of carbonyl (C=O) groups excluding carboxylic acids is 2. The molecule has 1 aromatic heterocycles. The highest BCUT2D eigenvalue weighted by Gasteiger charge is 2.23. The molecular weight excluding hydrogens is 266 g/mol. The van der Waals surface area contributed by atoms with Crippen LogP contribution in [0.25, 0.3) is 0 Å². The zero-order valence-electron chi connectivity index (χ0n) is 11.2. The van der Waals surface area contributed by atoms with Crippen molar-refractivity contribution in [1.82, 2.24) is 4.90 Å². The molecule has 0 aliphatic carbocycles. The molecule has 1 saturated heterocycles. The van der Waals surface area contributed by atoms with Gasteiger partial charge in [-0.05, 0) is 25.3 Å². The average Bonchev–Trinajstić information content (AvgIpc) is 2.86. The van der Waals surface area contributed by atoms with E-state index in [4.69, 9.17) is 19.0 Å². The van der Waals surface area contributed by atoms with Gasteiger partial charge in [0.2, 0.25) is 12.1 Å². The molecule has 1 aliphatic heterocycles. The monoisotopic (exact) mass is 283 g/mol. The van der Waals surface area contributed by atoms with Crippen molar-refractivity contribution >= 4 is 12.1 Å². The number of piperidine rings is 1. The average molecular weight is 283 g/mol. The zero-order valence-corrected chi connectivity index (χ0v) is 11.2. The van der Waals surface area contributed by atoms with Gasteiger partial charge in [-0.3, -0.25) is 0 Å². The number of carbonyl (C=O) groups is 2. The van der Waals surface area contributed by atoms with Gasteiger partial charge in [0.15, 0.2) is 0 Å². The smallest absolute Gasteiger partial charge is 0.412 e. The van der Waals surface area contributed by atoms with Crippen LogP contribution in [-0.4, -0.2) is 41.4 Å². The van der Waals surface area contributed by atoms with Gasteiger partial charge in [0.05, 0.1) is 0 Å². The van der Waals surface area contributed by atoms with Crippen LogP contribution in [-0.2, 0) is 9.47 Å². The Balaban J connectivity index is 1.81. The van der Waals surface area contributed by atoms with Crippen molar-refractivity contribution in [2.24, 2.45) is 0 Å². The van der Waals surface area contributed by atoms with Crippen LogP contribution in [0.3, 0.4) is 0 Å². The molecule has 1 aliphatic rings. The van der Waals surface area contributed by atoms with Crippen molar-refractivity contribution in [2.45, 2.75) is 32.5 Å². The Labute approximate surface area is 116 Å². The number of ether oxygens (including phenoxy) is 2. The lowest BCUT2D eigenvalue weighted by atomic mass is 10.1. The molecule has 1 fully saturated rings. The fourth-order valence-corrected chi connectivity index (χ4v) is 1.96. The van der Waals surface area contributed by atoms with Crippen LogP contribution in [0.5, 0.6) is 5.95 Å². The molecule has 1 aromatic rings. The zero-order chi connectivity index (χ0) is 14.5. The third kappa shape index (κ3) is 3.66. The number of hydrogen-bond acceptors (Lipinski definition) is 6. The summed E-state index contributed by atoms with van der Waals surface area (Å²) in [6.07, 6.45) is 1.50. The predicted octanol–water partition coefficient (Wildman–Crippen LogP) is 2.11. The highest BCUT2D eigenvalue weighted by atomic mass is 16.7. The first-order valence-corrected chi connectivity index (χ1v) is 6.51. The summed E-state index contributed by atoms with van der Waals surface area (Å²) in [6.45, 7) is 2.76. The molecule has 0 bridgehead atoms. The molecule has 7 nitrogen and oxygen atoms in total. The first kappa shape index (κ1) is 14.2. The van der Waals surface area contributed by atoms with E-state index in [0.717, 1.165) is 19.3 Å². The molecule has 1 amide bonds. The second-order valence-corrected chi connectivity index (χ2v) is 4.54. The molecule has 0 saturated carbocycles. The molecule has 7 heteroatoms. The number of furan rings is 1. The quantitative estimate of drug-likeness (QED) is 0.675. The highest BCUT2D eigenvalue weighted by Crippen LogP contribution is 2.16. The summed E-state index contributed by atoms with van der Waals surface area (Å²) in [5.74, 6) is -1.33. The number of likely N-dealkylation sites (tertiary alicyclic amines) is 1. The Bertz CT molecular complexity index is 477. The largest absolute Gasteiger partial charge is 0.481 e. The van der Waals surface area contributed by atoms with Crippen molar-refractivity contribution in [2.75, 3.05) is 13.1 Å². The standard InChI is InChI=1S/C13H17NO6/c1-9(18-12(16)10-5-6-11(15)20-10)19-13(17)14-7-3-2-4-8-14/h5-6,9,15H,2-4,7-8H2,1H3. The van der Waals surface area contributed by atoms with Crippen LogP contribution in [0, 0.1) is 0 Å². The van der Waals surface area contributed by atoms with E-state index in [0.29, 0.717) is 13.1 Å². The molecule has 1 N–H and O–H groups in total. The fraction of sp³-hybridized carbons (Fsp3) is 0.538. The third-order valence-corrected chi connectivity index (χ3v) is 2.95. The second-order valence-electron chi connectivity index (χ2n) is 4.54. The minimum absolute atomic E-state index is 0.150. The number of aromatic hydroxyl groups is 1. The summed E-state index contributed by atoms with van der Waals surface area (Å²) in [5, 5.41) is 8.99. The van der Waals surface area contributed by atoms with Gasteiger partial charge in [-0.25, -0.2) is 9.59 Å². The van der Waals surface area contributed by atoms with Gasteiger partial charge in [-0.1, -0.05) is 0 Å². The first-order chi connectivity index (χ1) is 9.56. The summed E-state index contributed by atoms with van der Waals surface area (Å²) in [4.78, 5) is 25.0. The number of amides is 1. The van der Waals surface area contributed by atoms with Gasteiger partial charge >= 0.3 is 12.1 Å². The van der Waals surface area contributed by atoms with E-state index in [1.807, 2.05) is 0 Å². The van der Waals surface area contributed by atoms with Gasteiger partial charge in [0.1, 0.15) is 0 Å². The van der Waals surface area contributed by atoms with E-state index < -0.39 is 18.4 Å². The van der Waals surface area contributed by atoms with Crippen LogP contribution in [0.2, 0.25) is 0 Å². The molecule has 1 unspecified atom stereocenters. The van der Waals surface area contributed by atoms with E-state index in [-0.39, 0.29) is 11.7 Å². The summed E-state index contributed by atoms with van der Waals surface area (Å²) in [6, 6.07) is 2.50. The number of hydrogen-bond donors (Lipinski definition) is 1. The minimum atomic E-state index is -1.02. The second kappa shape index (κ2) is 6.31. The molecule has 2 rings (SSSR count). The predicted molar refractivity (Wildman–Crippen MR) is 67.2 cm³/mol. The molecule has 0 aromatic carbocycles. The molecule has 110 valence electrons. The Hall–Kier alpha value is -2.18. The van der Waals surface area contributed by atoms with Gasteiger partial charge < -0.3 is 23.9 Å². The highest BCUT2D eigenvalue weighted by molar-refractivity contribution is 5.86. The van der Waals surface area contributed by atoms with Gasteiger partial charge in [-0.2, -0.15) is 0 Å². The van der Waals surface area contributed by atoms with Gasteiger partial charge in [0.25, 0.3) is 5.95 Å². The topological polar surface area (TPSA) is 89.2 Å². The maximum absolute atomic E-state index is 11.8. The van der Waals surface area contributed by atoms with Crippen molar-refractivity contribution in [3.63, 3.8) is 0 Å². The van der Waals surface area contributed by atoms with Crippen molar-refractivity contribution < 1.29 is 28.6 Å². The summed E-state index contributed by atoms with van der Waals surface area (Å²) in [7, 11) is 0. The number of nitrogens with zero attached hydrogens (tertiary/aromatic N) is 1. The lowest BCUT2D eigenvalue weighted by Gasteiger charge is -2.27. The Morgan fingerprint density at radius 1 is 1.25 bits per heavy atom. The molecule has 0 radical (unpaired) electrons. The van der Waals surface area contributed by atoms with E-state index in [1.165, 1.54) is 19.1 Å². The van der Waals surface area contributed by atoms with E-state index >= 15 is 0 Å². The normalized spacial score (nSPS) is 16.6. The minimum Gasteiger partial charge on any atom is -0.481 e. The number of rotatable bonds is 3. The summed E-state index contributed by atoms with van der Waals surface area (Å²) < 4.78 is 14.6. The van der Waals surface area contributed by atoms with Gasteiger partial charge in [-0.15, -0.1) is 0 Å². The van der Waals surface area contributed by atoms with Crippen LogP contribution in [0.15, 0.2) is 16.5 Å². The van der Waals surface area contributed by atoms with Crippen molar-refractivity contribution in [1.29, 1.82) is 0 Å². The lowest BCUT2D eigenvalue weighted by molar-refractivity contribution is -0.0718. The van der Waals surface area contributed by atoms with E-state index in [1.54, 1.807) is 4.90 Å². The van der Waals surface area contributed by atoms with Crippen LogP contribution in [0.4, 0.5) is 4.79 Å². The lowest BCUT2D eigenvalue weighted by Crippen LogP contribution is -2.38. The number of esters is 1. The Morgan fingerprint density at radius 3 is 2.55 bits per heavy atom. The van der Waals surface area contributed by atoms with Gasteiger partial charge in [0, 0.05) is 26.1 Å². The summed E-state index contributed by atoms with van der Waals surface area (Å²) >= 11 is 0. The Kier molecular flexibility index (Phi) is 4.49. The van der Waals surface area contributed by atoms with Crippen LogP contribution < -0.4 is 0 Å². The van der Waals surface area contributed by atoms with Crippen LogP contribution in [0.1, 0.15) is 36.7 Å². The molecule has 0 spiro atoms. The van der Waals surface area contributed by atoms with E-state index in [9.17, 15) is 9.59 Å². The molecular formula is C13H17NO6. The fourth-order valence-electron chi connectivity index (χ4n) is 1.96. The third-order valence-electron chi connectivity index (χ3n) is 2.95. The van der Waals surface area contributed by atoms with Crippen molar-refractivity contribution in [3.05, 3.63) is 17.9 Å². The maximum atomic E-state index is 11.8. The van der Waals surface area contributed by atoms with Crippen molar-refractivity contribution in [3.8, 4) is 5.95 Å².